The molecule has 2 bridgehead atoms. The number of carboxylic acids is 1. The molecule has 0 spiro atoms. The van der Waals surface area contributed by atoms with Crippen molar-refractivity contribution in [1.29, 1.82) is 0 Å². The monoisotopic (exact) mass is 212 g/mol. The van der Waals surface area contributed by atoms with Crippen LogP contribution in [0.1, 0.15) is 40.0 Å². The SMILES string of the molecule is CC1(C)C2CCC1(C)[C@H](O)[C@H]2CC(=O)O. The first-order valence-corrected chi connectivity index (χ1v) is 5.70. The largest absolute Gasteiger partial charge is 0.481 e. The van der Waals surface area contributed by atoms with Crippen molar-refractivity contribution >= 4 is 5.97 Å². The standard InChI is InChI=1S/C12H20O3/c1-11(2)8-4-5-12(11,3)10(15)7(8)6-9(13)14/h7-8,10,15H,4-6H2,1-3H3,(H,13,14)/t7-,8?,10+,12?/m0/s1. The number of aliphatic hydroxyl groups is 1. The molecular formula is C12H20O3. The Morgan fingerprint density at radius 1 is 1.40 bits per heavy atom. The maximum absolute atomic E-state index is 10.8. The van der Waals surface area contributed by atoms with Gasteiger partial charge in [0.05, 0.1) is 12.5 Å². The van der Waals surface area contributed by atoms with Crippen LogP contribution in [-0.2, 0) is 4.79 Å². The fraction of sp³-hybridized carbons (Fsp3) is 0.917. The third-order valence-corrected chi connectivity index (χ3v) is 5.36. The fourth-order valence-electron chi connectivity index (χ4n) is 3.99. The normalized spacial score (nSPS) is 47.1. The fourth-order valence-corrected chi connectivity index (χ4v) is 3.99. The van der Waals surface area contributed by atoms with Crippen LogP contribution in [0.15, 0.2) is 0 Å². The average Bonchev–Trinajstić information content (AvgIpc) is 2.40. The van der Waals surface area contributed by atoms with E-state index in [4.69, 9.17) is 5.11 Å². The van der Waals surface area contributed by atoms with Gasteiger partial charge in [0, 0.05) is 0 Å². The number of aliphatic carboxylic acids is 1. The minimum absolute atomic E-state index is 0.0451. The summed E-state index contributed by atoms with van der Waals surface area (Å²) in [5.74, 6) is -0.462. The maximum atomic E-state index is 10.8. The van der Waals surface area contributed by atoms with Gasteiger partial charge in [-0.2, -0.15) is 0 Å². The Hall–Kier alpha value is -0.570. The van der Waals surface area contributed by atoms with Gasteiger partial charge in [0.25, 0.3) is 0 Å². The Kier molecular flexibility index (Phi) is 2.16. The lowest BCUT2D eigenvalue weighted by molar-refractivity contribution is -0.140. The third kappa shape index (κ3) is 1.19. The van der Waals surface area contributed by atoms with Gasteiger partial charge in [0.2, 0.25) is 0 Å². The molecule has 2 N–H and O–H groups in total. The van der Waals surface area contributed by atoms with Crippen LogP contribution in [-0.4, -0.2) is 22.3 Å². The molecule has 2 fully saturated rings. The Labute approximate surface area is 90.5 Å². The van der Waals surface area contributed by atoms with Gasteiger partial charge in [-0.3, -0.25) is 4.79 Å². The van der Waals surface area contributed by atoms with Crippen LogP contribution in [0.5, 0.6) is 0 Å². The Morgan fingerprint density at radius 3 is 2.40 bits per heavy atom. The lowest BCUT2D eigenvalue weighted by Gasteiger charge is -2.37. The van der Waals surface area contributed by atoms with E-state index >= 15 is 0 Å². The highest BCUT2D eigenvalue weighted by Gasteiger charge is 2.65. The van der Waals surface area contributed by atoms with E-state index in [2.05, 4.69) is 20.8 Å². The van der Waals surface area contributed by atoms with Crippen molar-refractivity contribution < 1.29 is 15.0 Å². The molecule has 3 heteroatoms. The number of fused-ring (bicyclic) bond motifs is 2. The molecule has 0 aromatic heterocycles. The molecule has 0 amide bonds. The molecule has 86 valence electrons. The summed E-state index contributed by atoms with van der Waals surface area (Å²) in [7, 11) is 0. The molecule has 2 aliphatic rings. The minimum Gasteiger partial charge on any atom is -0.481 e. The van der Waals surface area contributed by atoms with E-state index < -0.39 is 12.1 Å². The molecule has 0 aromatic rings. The van der Waals surface area contributed by atoms with E-state index in [1.807, 2.05) is 0 Å². The van der Waals surface area contributed by atoms with E-state index in [0.717, 1.165) is 12.8 Å². The zero-order valence-electron chi connectivity index (χ0n) is 9.66. The summed E-state index contributed by atoms with van der Waals surface area (Å²) in [6, 6.07) is 0. The number of hydrogen-bond acceptors (Lipinski definition) is 2. The third-order valence-electron chi connectivity index (χ3n) is 5.36. The first-order valence-electron chi connectivity index (χ1n) is 5.70. The number of hydrogen-bond donors (Lipinski definition) is 2. The van der Waals surface area contributed by atoms with Gasteiger partial charge in [0.1, 0.15) is 0 Å². The summed E-state index contributed by atoms with van der Waals surface area (Å²) < 4.78 is 0. The maximum Gasteiger partial charge on any atom is 0.303 e. The van der Waals surface area contributed by atoms with Crippen LogP contribution in [0.3, 0.4) is 0 Å². The van der Waals surface area contributed by atoms with Gasteiger partial charge in [-0.15, -0.1) is 0 Å². The van der Waals surface area contributed by atoms with Crippen molar-refractivity contribution in [3.8, 4) is 0 Å². The highest BCUT2D eigenvalue weighted by Crippen LogP contribution is 2.68. The number of rotatable bonds is 2. The van der Waals surface area contributed by atoms with Crippen LogP contribution in [0.25, 0.3) is 0 Å². The topological polar surface area (TPSA) is 57.5 Å². The highest BCUT2D eigenvalue weighted by molar-refractivity contribution is 5.67. The van der Waals surface area contributed by atoms with E-state index in [0.29, 0.717) is 5.92 Å². The van der Waals surface area contributed by atoms with E-state index in [1.54, 1.807) is 0 Å². The molecule has 15 heavy (non-hydrogen) atoms. The second-order valence-electron chi connectivity index (χ2n) is 5.99. The molecule has 0 aromatic carbocycles. The van der Waals surface area contributed by atoms with Crippen molar-refractivity contribution in [1.82, 2.24) is 0 Å². The second-order valence-corrected chi connectivity index (χ2v) is 5.99. The van der Waals surface area contributed by atoms with E-state index in [1.165, 1.54) is 0 Å². The first kappa shape index (κ1) is 10.9. The van der Waals surface area contributed by atoms with Crippen molar-refractivity contribution in [2.45, 2.75) is 46.1 Å². The Morgan fingerprint density at radius 2 is 2.00 bits per heavy atom. The second kappa shape index (κ2) is 2.97. The van der Waals surface area contributed by atoms with E-state index in [9.17, 15) is 9.90 Å². The molecule has 2 saturated carbocycles. The summed E-state index contributed by atoms with van der Waals surface area (Å²) >= 11 is 0. The molecule has 0 radical (unpaired) electrons. The van der Waals surface area contributed by atoms with Crippen molar-refractivity contribution in [3.05, 3.63) is 0 Å². The van der Waals surface area contributed by atoms with E-state index in [-0.39, 0.29) is 23.2 Å². The zero-order valence-corrected chi connectivity index (χ0v) is 9.66. The molecular weight excluding hydrogens is 192 g/mol. The summed E-state index contributed by atoms with van der Waals surface area (Å²) in [5.41, 5.74) is -0.00961. The molecule has 3 nitrogen and oxygen atoms in total. The van der Waals surface area contributed by atoms with Crippen molar-refractivity contribution in [3.63, 3.8) is 0 Å². The predicted molar refractivity (Wildman–Crippen MR) is 56.4 cm³/mol. The summed E-state index contributed by atoms with van der Waals surface area (Å²) in [5, 5.41) is 19.1. The lowest BCUT2D eigenvalue weighted by Crippen LogP contribution is -2.38. The number of aliphatic hydroxyl groups excluding tert-OH is 1. The Bertz CT molecular complexity index is 297. The highest BCUT2D eigenvalue weighted by atomic mass is 16.4. The van der Waals surface area contributed by atoms with Crippen LogP contribution >= 0.6 is 0 Å². The van der Waals surface area contributed by atoms with Crippen molar-refractivity contribution in [2.24, 2.45) is 22.7 Å². The van der Waals surface area contributed by atoms with Gasteiger partial charge >= 0.3 is 5.97 Å². The predicted octanol–water partition coefficient (Wildman–Crippen LogP) is 1.89. The smallest absolute Gasteiger partial charge is 0.303 e. The lowest BCUT2D eigenvalue weighted by atomic mass is 9.70. The number of carbonyl (C=O) groups is 1. The molecule has 2 unspecified atom stereocenters. The minimum atomic E-state index is -0.786. The molecule has 2 rings (SSSR count). The van der Waals surface area contributed by atoms with Crippen LogP contribution in [0.4, 0.5) is 0 Å². The van der Waals surface area contributed by atoms with Gasteiger partial charge in [-0.05, 0) is 35.5 Å². The van der Waals surface area contributed by atoms with Crippen LogP contribution in [0, 0.1) is 22.7 Å². The Balaban J connectivity index is 2.29. The van der Waals surface area contributed by atoms with Crippen molar-refractivity contribution in [2.75, 3.05) is 0 Å². The van der Waals surface area contributed by atoms with Crippen LogP contribution < -0.4 is 0 Å². The quantitative estimate of drug-likeness (QED) is 0.735. The summed E-state index contributed by atoms with van der Waals surface area (Å²) in [6.07, 6.45) is 1.77. The molecule has 4 atom stereocenters. The number of carboxylic acid groups (broad SMARTS) is 1. The molecule has 0 saturated heterocycles. The molecule has 0 heterocycles. The summed E-state index contributed by atoms with van der Waals surface area (Å²) in [4.78, 5) is 10.8. The first-order chi connectivity index (χ1) is 6.80. The van der Waals surface area contributed by atoms with Gasteiger partial charge in [-0.25, -0.2) is 0 Å². The zero-order chi connectivity index (χ0) is 11.4. The summed E-state index contributed by atoms with van der Waals surface area (Å²) in [6.45, 7) is 6.46. The van der Waals surface area contributed by atoms with Gasteiger partial charge in [-0.1, -0.05) is 20.8 Å². The molecule has 2 aliphatic carbocycles. The van der Waals surface area contributed by atoms with Gasteiger partial charge in [0.15, 0.2) is 0 Å². The average molecular weight is 212 g/mol. The molecule has 0 aliphatic heterocycles. The van der Waals surface area contributed by atoms with Crippen LogP contribution in [0.2, 0.25) is 0 Å². The van der Waals surface area contributed by atoms with Gasteiger partial charge < -0.3 is 10.2 Å².